The van der Waals surface area contributed by atoms with Gasteiger partial charge in [0, 0.05) is 18.3 Å². The Hall–Kier alpha value is -3.29. The zero-order chi connectivity index (χ0) is 16.7. The number of rotatable bonds is 6. The molecule has 2 rings (SSSR count). The van der Waals surface area contributed by atoms with Gasteiger partial charge in [0.2, 0.25) is 0 Å². The van der Waals surface area contributed by atoms with Crippen LogP contribution in [0.15, 0.2) is 54.4 Å². The molecule has 2 aromatic rings. The van der Waals surface area contributed by atoms with Gasteiger partial charge in [0.05, 0.1) is 0 Å². The SMILES string of the molecule is C=CCOC(=O)Nc1cc(Oc2ccc(N=O)cc2F)ccn1. The van der Waals surface area contributed by atoms with Crippen LogP contribution in [0.25, 0.3) is 0 Å². The van der Waals surface area contributed by atoms with E-state index in [0.29, 0.717) is 0 Å². The first-order valence-electron chi connectivity index (χ1n) is 6.44. The average Bonchev–Trinajstić information content (AvgIpc) is 2.55. The molecule has 0 aliphatic carbocycles. The highest BCUT2D eigenvalue weighted by Crippen LogP contribution is 2.28. The predicted molar refractivity (Wildman–Crippen MR) is 81.3 cm³/mol. The van der Waals surface area contributed by atoms with Gasteiger partial charge >= 0.3 is 6.09 Å². The molecule has 0 aliphatic rings. The van der Waals surface area contributed by atoms with Gasteiger partial charge in [0.15, 0.2) is 11.6 Å². The summed E-state index contributed by atoms with van der Waals surface area (Å²) in [5.41, 5.74) is -0.0445. The lowest BCUT2D eigenvalue weighted by molar-refractivity contribution is 0.174. The average molecular weight is 317 g/mol. The van der Waals surface area contributed by atoms with Crippen molar-refractivity contribution in [1.82, 2.24) is 4.98 Å². The zero-order valence-corrected chi connectivity index (χ0v) is 11.9. The number of anilines is 1. The van der Waals surface area contributed by atoms with E-state index >= 15 is 0 Å². The molecule has 8 heteroatoms. The highest BCUT2D eigenvalue weighted by Gasteiger charge is 2.09. The molecule has 1 aromatic heterocycles. The Morgan fingerprint density at radius 3 is 2.91 bits per heavy atom. The minimum atomic E-state index is -0.737. The number of aromatic nitrogens is 1. The van der Waals surface area contributed by atoms with E-state index in [4.69, 9.17) is 9.47 Å². The summed E-state index contributed by atoms with van der Waals surface area (Å²) < 4.78 is 23.8. The summed E-state index contributed by atoms with van der Waals surface area (Å²) in [5, 5.41) is 5.01. The van der Waals surface area contributed by atoms with Gasteiger partial charge in [-0.15, -0.1) is 4.91 Å². The van der Waals surface area contributed by atoms with Crippen LogP contribution in [0.4, 0.5) is 20.7 Å². The fourth-order valence-electron chi connectivity index (χ4n) is 1.57. The van der Waals surface area contributed by atoms with E-state index in [2.05, 4.69) is 22.1 Å². The van der Waals surface area contributed by atoms with Crippen molar-refractivity contribution in [2.45, 2.75) is 0 Å². The highest BCUT2D eigenvalue weighted by molar-refractivity contribution is 5.83. The second-order valence-electron chi connectivity index (χ2n) is 4.20. The van der Waals surface area contributed by atoms with Crippen molar-refractivity contribution in [1.29, 1.82) is 0 Å². The maximum absolute atomic E-state index is 13.7. The Bertz CT molecular complexity index is 736. The summed E-state index contributed by atoms with van der Waals surface area (Å²) in [7, 11) is 0. The van der Waals surface area contributed by atoms with E-state index in [1.165, 1.54) is 36.5 Å². The number of amides is 1. The van der Waals surface area contributed by atoms with Crippen LogP contribution < -0.4 is 10.1 Å². The molecule has 1 amide bonds. The Morgan fingerprint density at radius 1 is 1.39 bits per heavy atom. The van der Waals surface area contributed by atoms with Crippen molar-refractivity contribution in [2.75, 3.05) is 11.9 Å². The lowest BCUT2D eigenvalue weighted by Crippen LogP contribution is -2.14. The van der Waals surface area contributed by atoms with Crippen molar-refractivity contribution in [2.24, 2.45) is 5.18 Å². The van der Waals surface area contributed by atoms with Gasteiger partial charge < -0.3 is 9.47 Å². The molecule has 7 nitrogen and oxygen atoms in total. The number of nitrogens with one attached hydrogen (secondary N) is 1. The maximum Gasteiger partial charge on any atom is 0.413 e. The number of hydrogen-bond donors (Lipinski definition) is 1. The van der Waals surface area contributed by atoms with E-state index < -0.39 is 11.9 Å². The number of ether oxygens (including phenoxy) is 2. The molecule has 0 atom stereocenters. The Kier molecular flexibility index (Phi) is 5.35. The van der Waals surface area contributed by atoms with Gasteiger partial charge in [-0.25, -0.2) is 14.2 Å². The second kappa shape index (κ2) is 7.64. The van der Waals surface area contributed by atoms with Crippen LogP contribution in [0.3, 0.4) is 0 Å². The summed E-state index contributed by atoms with van der Waals surface area (Å²) in [5.74, 6) is -0.421. The first kappa shape index (κ1) is 16.1. The van der Waals surface area contributed by atoms with Crippen LogP contribution in [0.2, 0.25) is 0 Å². The number of nitroso groups, excluding NO2 is 1. The molecule has 23 heavy (non-hydrogen) atoms. The Labute approximate surface area is 130 Å². The van der Waals surface area contributed by atoms with E-state index in [1.807, 2.05) is 0 Å². The molecule has 0 fully saturated rings. The van der Waals surface area contributed by atoms with Crippen molar-refractivity contribution < 1.29 is 18.7 Å². The first-order valence-corrected chi connectivity index (χ1v) is 6.44. The molecule has 0 bridgehead atoms. The summed E-state index contributed by atoms with van der Waals surface area (Å²) in [6.45, 7) is 3.48. The van der Waals surface area contributed by atoms with Crippen molar-refractivity contribution in [3.05, 3.63) is 59.9 Å². The lowest BCUT2D eigenvalue weighted by Gasteiger charge is -2.09. The number of halogens is 1. The second-order valence-corrected chi connectivity index (χ2v) is 4.20. The van der Waals surface area contributed by atoms with Gasteiger partial charge in [0.25, 0.3) is 0 Å². The van der Waals surface area contributed by atoms with Crippen LogP contribution in [0, 0.1) is 10.7 Å². The van der Waals surface area contributed by atoms with Crippen LogP contribution in [0.5, 0.6) is 11.5 Å². The Morgan fingerprint density at radius 2 is 2.22 bits per heavy atom. The first-order chi connectivity index (χ1) is 11.1. The minimum Gasteiger partial charge on any atom is -0.454 e. The summed E-state index contributed by atoms with van der Waals surface area (Å²) in [6.07, 6.45) is 2.09. The molecule has 1 aromatic carbocycles. The van der Waals surface area contributed by atoms with E-state index in [1.54, 1.807) is 0 Å². The normalized spacial score (nSPS) is 9.78. The van der Waals surface area contributed by atoms with Crippen LogP contribution in [0.1, 0.15) is 0 Å². The molecule has 0 spiro atoms. The number of carbonyl (C=O) groups is 1. The molecule has 1 heterocycles. The van der Waals surface area contributed by atoms with Gasteiger partial charge in [-0.2, -0.15) is 0 Å². The maximum atomic E-state index is 13.7. The molecular formula is C15H12FN3O4. The summed E-state index contributed by atoms with van der Waals surface area (Å²) in [4.78, 5) is 25.6. The third-order valence-electron chi connectivity index (χ3n) is 2.54. The number of hydrogen-bond acceptors (Lipinski definition) is 6. The number of nitrogens with zero attached hydrogens (tertiary/aromatic N) is 2. The highest BCUT2D eigenvalue weighted by atomic mass is 19.1. The molecule has 0 radical (unpaired) electrons. The monoisotopic (exact) mass is 317 g/mol. The molecule has 0 saturated carbocycles. The van der Waals surface area contributed by atoms with Crippen molar-refractivity contribution >= 4 is 17.6 Å². The number of benzene rings is 1. The lowest BCUT2D eigenvalue weighted by atomic mass is 10.3. The summed E-state index contributed by atoms with van der Waals surface area (Å²) in [6, 6.07) is 6.41. The molecule has 0 saturated heterocycles. The van der Waals surface area contributed by atoms with E-state index in [-0.39, 0.29) is 29.6 Å². The zero-order valence-electron chi connectivity index (χ0n) is 11.9. The molecule has 118 valence electrons. The summed E-state index contributed by atoms with van der Waals surface area (Å²) >= 11 is 0. The standard InChI is InChI=1S/C15H12FN3O4/c1-2-7-22-15(20)18-14-9-11(5-6-17-14)23-13-4-3-10(19-21)8-12(13)16/h2-6,8-9H,1,7H2,(H,17,18,20). The van der Waals surface area contributed by atoms with E-state index in [9.17, 15) is 14.1 Å². The quantitative estimate of drug-likeness (QED) is 0.638. The van der Waals surface area contributed by atoms with Crippen LogP contribution in [-0.4, -0.2) is 17.7 Å². The van der Waals surface area contributed by atoms with Gasteiger partial charge in [-0.3, -0.25) is 5.32 Å². The van der Waals surface area contributed by atoms with Gasteiger partial charge in [0.1, 0.15) is 23.9 Å². The minimum absolute atomic E-state index is 0.0445. The van der Waals surface area contributed by atoms with Crippen molar-refractivity contribution in [3.63, 3.8) is 0 Å². The van der Waals surface area contributed by atoms with Gasteiger partial charge in [-0.1, -0.05) is 12.7 Å². The third kappa shape index (κ3) is 4.60. The van der Waals surface area contributed by atoms with Crippen LogP contribution >= 0.6 is 0 Å². The third-order valence-corrected chi connectivity index (χ3v) is 2.54. The van der Waals surface area contributed by atoms with E-state index in [0.717, 1.165) is 6.07 Å². The molecule has 0 aliphatic heterocycles. The molecule has 0 unspecified atom stereocenters. The fourth-order valence-corrected chi connectivity index (χ4v) is 1.57. The largest absolute Gasteiger partial charge is 0.454 e. The molecule has 1 N–H and O–H groups in total. The topological polar surface area (TPSA) is 89.9 Å². The molecular weight excluding hydrogens is 305 g/mol. The number of pyridine rings is 1. The van der Waals surface area contributed by atoms with Crippen LogP contribution in [-0.2, 0) is 4.74 Å². The fraction of sp³-hybridized carbons (Fsp3) is 0.0667. The Balaban J connectivity index is 2.09. The smallest absolute Gasteiger partial charge is 0.413 e. The predicted octanol–water partition coefficient (Wildman–Crippen LogP) is 4.15. The van der Waals surface area contributed by atoms with Crippen molar-refractivity contribution in [3.8, 4) is 11.5 Å². The number of carbonyl (C=O) groups excluding carboxylic acids is 1. The van der Waals surface area contributed by atoms with Gasteiger partial charge in [-0.05, 0) is 23.4 Å².